The molecule has 2 aliphatic rings. The van der Waals surface area contributed by atoms with Crippen LogP contribution in [0.3, 0.4) is 0 Å². The number of ether oxygens (including phenoxy) is 3. The molecule has 2 fully saturated rings. The zero-order valence-electron chi connectivity index (χ0n) is 14.7. The zero-order valence-corrected chi connectivity index (χ0v) is 16.2. The fraction of sp³-hybridized carbons (Fsp3) is 0.611. The Balaban J connectivity index is 1.67. The van der Waals surface area contributed by atoms with Crippen LogP contribution in [-0.4, -0.2) is 49.5 Å². The van der Waals surface area contributed by atoms with Crippen molar-refractivity contribution in [2.75, 3.05) is 26.8 Å². The second kappa shape index (κ2) is 7.31. The number of nitrogens with zero attached hydrogens (tertiary/aromatic N) is 1. The lowest BCUT2D eigenvalue weighted by Crippen LogP contribution is -2.44. The zero-order chi connectivity index (χ0) is 18.2. The highest BCUT2D eigenvalue weighted by Crippen LogP contribution is 2.42. The molecule has 2 saturated heterocycles. The maximum atomic E-state index is 12.6. The fourth-order valence-electron chi connectivity index (χ4n) is 3.51. The Hall–Kier alpha value is -1.01. The van der Waals surface area contributed by atoms with Crippen molar-refractivity contribution >= 4 is 29.1 Å². The summed E-state index contributed by atoms with van der Waals surface area (Å²) in [5.74, 6) is 0.254. The third-order valence-corrected chi connectivity index (χ3v) is 5.63. The van der Waals surface area contributed by atoms with E-state index in [2.05, 4.69) is 0 Å². The first-order valence-corrected chi connectivity index (χ1v) is 9.20. The average molecular weight is 388 g/mol. The van der Waals surface area contributed by atoms with Crippen LogP contribution in [0.2, 0.25) is 10.0 Å². The molecular formula is C18H23Cl2NO4. The van der Waals surface area contributed by atoms with E-state index in [9.17, 15) is 4.79 Å². The third-order valence-electron chi connectivity index (χ3n) is 4.81. The lowest BCUT2D eigenvalue weighted by atomic mass is 9.88. The Labute approximate surface area is 158 Å². The maximum absolute atomic E-state index is 12.6. The number of hydrogen-bond acceptors (Lipinski definition) is 4. The second-order valence-electron chi connectivity index (χ2n) is 6.89. The summed E-state index contributed by atoms with van der Waals surface area (Å²) in [6.45, 7) is 5.24. The molecular weight excluding hydrogens is 365 g/mol. The van der Waals surface area contributed by atoms with E-state index in [-0.39, 0.29) is 11.8 Å². The number of amides is 1. The van der Waals surface area contributed by atoms with Crippen molar-refractivity contribution in [1.29, 1.82) is 0 Å². The Morgan fingerprint density at radius 2 is 1.96 bits per heavy atom. The summed E-state index contributed by atoms with van der Waals surface area (Å²) in [5, 5.41) is 1.06. The SMILES string of the molecule is COc1ccc(Cl)c(Cl)c1C1CCN(C(=O)C2COC(C)(C)O2)CC1. The molecule has 0 aromatic heterocycles. The lowest BCUT2D eigenvalue weighted by Gasteiger charge is -2.34. The predicted octanol–water partition coefficient (Wildman–Crippen LogP) is 3.86. The molecule has 0 radical (unpaired) electrons. The van der Waals surface area contributed by atoms with E-state index in [4.69, 9.17) is 37.4 Å². The Morgan fingerprint density at radius 1 is 1.28 bits per heavy atom. The first-order chi connectivity index (χ1) is 11.8. The Morgan fingerprint density at radius 3 is 2.52 bits per heavy atom. The van der Waals surface area contributed by atoms with Gasteiger partial charge in [0.2, 0.25) is 0 Å². The molecule has 0 saturated carbocycles. The highest BCUT2D eigenvalue weighted by molar-refractivity contribution is 6.42. The number of rotatable bonds is 3. The van der Waals surface area contributed by atoms with Crippen LogP contribution in [-0.2, 0) is 14.3 Å². The summed E-state index contributed by atoms with van der Waals surface area (Å²) >= 11 is 12.6. The van der Waals surface area contributed by atoms with Gasteiger partial charge in [0.1, 0.15) is 5.75 Å². The van der Waals surface area contributed by atoms with Crippen LogP contribution in [0.5, 0.6) is 5.75 Å². The predicted molar refractivity (Wildman–Crippen MR) is 96.5 cm³/mol. The van der Waals surface area contributed by atoms with Gasteiger partial charge < -0.3 is 19.1 Å². The number of methoxy groups -OCH3 is 1. The van der Waals surface area contributed by atoms with E-state index in [0.29, 0.717) is 29.7 Å². The molecule has 1 aromatic rings. The Bertz CT molecular complexity index is 657. The molecule has 0 spiro atoms. The van der Waals surface area contributed by atoms with Crippen LogP contribution in [0.4, 0.5) is 0 Å². The lowest BCUT2D eigenvalue weighted by molar-refractivity contribution is -0.160. The van der Waals surface area contributed by atoms with Gasteiger partial charge in [-0.15, -0.1) is 0 Å². The summed E-state index contributed by atoms with van der Waals surface area (Å²) in [4.78, 5) is 14.5. The van der Waals surface area contributed by atoms with Crippen molar-refractivity contribution in [3.63, 3.8) is 0 Å². The molecule has 25 heavy (non-hydrogen) atoms. The largest absolute Gasteiger partial charge is 0.496 e. The van der Waals surface area contributed by atoms with E-state index in [1.165, 1.54) is 0 Å². The van der Waals surface area contributed by atoms with E-state index < -0.39 is 11.9 Å². The smallest absolute Gasteiger partial charge is 0.254 e. The van der Waals surface area contributed by atoms with E-state index >= 15 is 0 Å². The number of carbonyl (C=O) groups excluding carboxylic acids is 1. The van der Waals surface area contributed by atoms with E-state index in [1.54, 1.807) is 13.2 Å². The van der Waals surface area contributed by atoms with Gasteiger partial charge in [-0.3, -0.25) is 4.79 Å². The standard InChI is InChI=1S/C18H23Cl2NO4/c1-18(2)24-10-14(25-18)17(22)21-8-6-11(7-9-21)15-13(23-3)5-4-12(19)16(15)20/h4-5,11,14H,6-10H2,1-3H3. The summed E-state index contributed by atoms with van der Waals surface area (Å²) < 4.78 is 16.6. The van der Waals surface area contributed by atoms with Gasteiger partial charge in [0.05, 0.1) is 23.8 Å². The first-order valence-electron chi connectivity index (χ1n) is 8.45. The minimum atomic E-state index is -0.694. The van der Waals surface area contributed by atoms with E-state index in [0.717, 1.165) is 24.2 Å². The number of likely N-dealkylation sites (tertiary alicyclic amines) is 1. The summed E-state index contributed by atoms with van der Waals surface area (Å²) in [6.07, 6.45) is 1.09. The van der Waals surface area contributed by atoms with Crippen LogP contribution >= 0.6 is 23.2 Å². The molecule has 0 N–H and O–H groups in total. The number of hydrogen-bond donors (Lipinski definition) is 0. The molecule has 0 bridgehead atoms. The minimum Gasteiger partial charge on any atom is -0.496 e. The number of carbonyl (C=O) groups is 1. The average Bonchev–Trinajstić information content (AvgIpc) is 2.96. The Kier molecular flexibility index (Phi) is 5.49. The molecule has 1 atom stereocenters. The maximum Gasteiger partial charge on any atom is 0.254 e. The monoisotopic (exact) mass is 387 g/mol. The molecule has 2 heterocycles. The van der Waals surface area contributed by atoms with Crippen molar-refractivity contribution in [1.82, 2.24) is 4.90 Å². The normalized spacial score (nSPS) is 23.7. The van der Waals surface area contributed by atoms with Crippen LogP contribution < -0.4 is 4.74 Å². The molecule has 138 valence electrons. The molecule has 3 rings (SSSR count). The van der Waals surface area contributed by atoms with Crippen LogP contribution in [0.1, 0.15) is 38.2 Å². The summed E-state index contributed by atoms with van der Waals surface area (Å²) in [7, 11) is 1.63. The number of piperidine rings is 1. The summed E-state index contributed by atoms with van der Waals surface area (Å²) in [5.41, 5.74) is 0.936. The molecule has 1 amide bonds. The highest BCUT2D eigenvalue weighted by atomic mass is 35.5. The molecule has 5 nitrogen and oxygen atoms in total. The summed E-state index contributed by atoms with van der Waals surface area (Å²) in [6, 6.07) is 3.58. The van der Waals surface area contributed by atoms with Gasteiger partial charge in [-0.2, -0.15) is 0 Å². The van der Waals surface area contributed by atoms with Crippen molar-refractivity contribution in [3.8, 4) is 5.75 Å². The van der Waals surface area contributed by atoms with Gasteiger partial charge in [-0.1, -0.05) is 23.2 Å². The molecule has 0 aliphatic carbocycles. The van der Waals surface area contributed by atoms with Crippen molar-refractivity contribution in [2.24, 2.45) is 0 Å². The minimum absolute atomic E-state index is 0.00631. The van der Waals surface area contributed by atoms with Gasteiger partial charge in [0.25, 0.3) is 5.91 Å². The second-order valence-corrected chi connectivity index (χ2v) is 7.68. The quantitative estimate of drug-likeness (QED) is 0.789. The molecule has 7 heteroatoms. The van der Waals surface area contributed by atoms with Crippen LogP contribution in [0.15, 0.2) is 12.1 Å². The first kappa shape index (κ1) is 18.8. The number of benzene rings is 1. The van der Waals surface area contributed by atoms with Gasteiger partial charge in [-0.25, -0.2) is 0 Å². The van der Waals surface area contributed by atoms with Gasteiger partial charge in [-0.05, 0) is 44.7 Å². The number of halogens is 2. The van der Waals surface area contributed by atoms with Crippen LogP contribution in [0.25, 0.3) is 0 Å². The van der Waals surface area contributed by atoms with E-state index in [1.807, 2.05) is 24.8 Å². The van der Waals surface area contributed by atoms with Gasteiger partial charge >= 0.3 is 0 Å². The van der Waals surface area contributed by atoms with Crippen LogP contribution in [0, 0.1) is 0 Å². The van der Waals surface area contributed by atoms with Crippen molar-refractivity contribution in [2.45, 2.75) is 44.5 Å². The molecule has 2 aliphatic heterocycles. The topological polar surface area (TPSA) is 48.0 Å². The molecule has 1 aromatic carbocycles. The highest BCUT2D eigenvalue weighted by Gasteiger charge is 2.40. The molecule has 1 unspecified atom stereocenters. The van der Waals surface area contributed by atoms with Crippen molar-refractivity contribution < 1.29 is 19.0 Å². The van der Waals surface area contributed by atoms with Crippen molar-refractivity contribution in [3.05, 3.63) is 27.7 Å². The van der Waals surface area contributed by atoms with Gasteiger partial charge in [0, 0.05) is 18.7 Å². The van der Waals surface area contributed by atoms with Gasteiger partial charge in [0.15, 0.2) is 11.9 Å². The third kappa shape index (κ3) is 3.90. The fourth-order valence-corrected chi connectivity index (χ4v) is 3.98.